The van der Waals surface area contributed by atoms with Gasteiger partial charge in [0.2, 0.25) is 5.89 Å². The van der Waals surface area contributed by atoms with Crippen molar-refractivity contribution in [2.45, 2.75) is 0 Å². The summed E-state index contributed by atoms with van der Waals surface area (Å²) in [5, 5.41) is 6.72. The molecule has 0 bridgehead atoms. The first-order valence-electron chi connectivity index (χ1n) is 17.9. The average molecular weight is 709 g/mol. The third kappa shape index (κ3) is 5.07. The van der Waals surface area contributed by atoms with Crippen molar-refractivity contribution in [3.63, 3.8) is 0 Å². The van der Waals surface area contributed by atoms with E-state index in [4.69, 9.17) is 24.4 Å². The van der Waals surface area contributed by atoms with Crippen molar-refractivity contribution in [2.75, 3.05) is 0 Å². The van der Waals surface area contributed by atoms with Crippen molar-refractivity contribution in [1.29, 1.82) is 0 Å². The Kier molecular flexibility index (Phi) is 6.97. The molecule has 0 aliphatic heterocycles. The third-order valence-corrected chi connectivity index (χ3v) is 11.2. The standard InChI is InChI=1S/C48H28N4OS/c1-3-14-30(15-4-1)37-26-33-19-9-10-20-34(33)27-38(37)46-50-45(35-24-23-29-13-7-8-18-32(29)25-35)51-47(52-46)43-42-36-21-11-12-22-40(36)54-41(42)28-39-44(43)49-48(53-39)31-16-5-2-6-17-31/h1-28H. The maximum Gasteiger partial charge on any atom is 0.227 e. The number of oxazole rings is 1. The number of nitrogens with zero attached hydrogens (tertiary/aromatic N) is 4. The van der Waals surface area contributed by atoms with Crippen molar-refractivity contribution >= 4 is 64.2 Å². The Bertz CT molecular complexity index is 3220. The molecule has 0 spiro atoms. The number of rotatable bonds is 5. The van der Waals surface area contributed by atoms with Crippen LogP contribution in [-0.2, 0) is 0 Å². The highest BCUT2D eigenvalue weighted by Gasteiger charge is 2.24. The molecule has 0 amide bonds. The molecule has 0 atom stereocenters. The first-order chi connectivity index (χ1) is 26.7. The average Bonchev–Trinajstić information content (AvgIpc) is 3.84. The van der Waals surface area contributed by atoms with Gasteiger partial charge in [-0.1, -0.05) is 127 Å². The highest BCUT2D eigenvalue weighted by Crippen LogP contribution is 2.45. The summed E-state index contributed by atoms with van der Waals surface area (Å²) in [6, 6.07) is 58.8. The predicted octanol–water partition coefficient (Wildman–Crippen LogP) is 13.0. The molecule has 3 heterocycles. The zero-order valence-corrected chi connectivity index (χ0v) is 29.6. The van der Waals surface area contributed by atoms with E-state index in [0.717, 1.165) is 70.4 Å². The van der Waals surface area contributed by atoms with Crippen LogP contribution in [0, 0.1) is 0 Å². The summed E-state index contributed by atoms with van der Waals surface area (Å²) in [7, 11) is 0. The maximum atomic E-state index is 6.55. The molecule has 54 heavy (non-hydrogen) atoms. The number of benzene rings is 8. The largest absolute Gasteiger partial charge is 0.436 e. The lowest BCUT2D eigenvalue weighted by molar-refractivity contribution is 0.620. The molecule has 11 rings (SSSR count). The lowest BCUT2D eigenvalue weighted by atomic mass is 9.95. The van der Waals surface area contributed by atoms with Crippen LogP contribution in [0.3, 0.4) is 0 Å². The molecule has 8 aromatic carbocycles. The first kappa shape index (κ1) is 30.6. The summed E-state index contributed by atoms with van der Waals surface area (Å²) in [6.07, 6.45) is 0. The molecule has 0 N–H and O–H groups in total. The molecule has 5 nitrogen and oxygen atoms in total. The van der Waals surface area contributed by atoms with Gasteiger partial charge in [0.15, 0.2) is 23.1 Å². The van der Waals surface area contributed by atoms with Gasteiger partial charge in [0.25, 0.3) is 0 Å². The number of thiophene rings is 1. The van der Waals surface area contributed by atoms with Crippen LogP contribution in [0.1, 0.15) is 0 Å². The van der Waals surface area contributed by atoms with Gasteiger partial charge in [0.1, 0.15) is 5.52 Å². The van der Waals surface area contributed by atoms with Crippen molar-refractivity contribution in [3.8, 4) is 56.7 Å². The van der Waals surface area contributed by atoms with Gasteiger partial charge >= 0.3 is 0 Å². The third-order valence-electron chi connectivity index (χ3n) is 10.1. The van der Waals surface area contributed by atoms with E-state index in [-0.39, 0.29) is 0 Å². The first-order valence-corrected chi connectivity index (χ1v) is 18.7. The Morgan fingerprint density at radius 2 is 1.02 bits per heavy atom. The van der Waals surface area contributed by atoms with E-state index >= 15 is 0 Å². The summed E-state index contributed by atoms with van der Waals surface area (Å²) in [6.45, 7) is 0. The molecule has 0 fully saturated rings. The molecule has 0 saturated carbocycles. The van der Waals surface area contributed by atoms with E-state index in [1.807, 2.05) is 36.4 Å². The van der Waals surface area contributed by atoms with Crippen LogP contribution < -0.4 is 0 Å². The lowest BCUT2D eigenvalue weighted by Gasteiger charge is -2.14. The molecule has 0 unspecified atom stereocenters. The molecule has 3 aromatic heterocycles. The van der Waals surface area contributed by atoms with Crippen LogP contribution in [0.5, 0.6) is 0 Å². The molecule has 0 saturated heterocycles. The maximum absolute atomic E-state index is 6.55. The van der Waals surface area contributed by atoms with Gasteiger partial charge in [-0.2, -0.15) is 0 Å². The molecule has 6 heteroatoms. The number of hydrogen-bond acceptors (Lipinski definition) is 6. The van der Waals surface area contributed by atoms with Crippen LogP contribution in [-0.4, -0.2) is 19.9 Å². The lowest BCUT2D eigenvalue weighted by Crippen LogP contribution is -2.02. The van der Waals surface area contributed by atoms with Crippen molar-refractivity contribution in [2.24, 2.45) is 0 Å². The van der Waals surface area contributed by atoms with Crippen molar-refractivity contribution in [1.82, 2.24) is 19.9 Å². The van der Waals surface area contributed by atoms with E-state index in [0.29, 0.717) is 34.5 Å². The molecule has 0 aliphatic carbocycles. The van der Waals surface area contributed by atoms with Gasteiger partial charge in [-0.15, -0.1) is 11.3 Å². The van der Waals surface area contributed by atoms with Crippen LogP contribution in [0.2, 0.25) is 0 Å². The van der Waals surface area contributed by atoms with Crippen LogP contribution in [0.25, 0.3) is 110 Å². The number of aromatic nitrogens is 4. The highest BCUT2D eigenvalue weighted by atomic mass is 32.1. The van der Waals surface area contributed by atoms with Crippen molar-refractivity contribution < 1.29 is 4.42 Å². The van der Waals surface area contributed by atoms with Gasteiger partial charge < -0.3 is 4.42 Å². The quantitative estimate of drug-likeness (QED) is 0.178. The fourth-order valence-electron chi connectivity index (χ4n) is 7.54. The predicted molar refractivity (Wildman–Crippen MR) is 222 cm³/mol. The summed E-state index contributed by atoms with van der Waals surface area (Å²) < 4.78 is 8.81. The molecular formula is C48H28N4OS. The minimum Gasteiger partial charge on any atom is -0.436 e. The van der Waals surface area contributed by atoms with E-state index in [9.17, 15) is 0 Å². The Hall–Kier alpha value is -7.02. The number of fused-ring (bicyclic) bond motifs is 6. The molecule has 0 radical (unpaired) electrons. The second-order valence-electron chi connectivity index (χ2n) is 13.4. The zero-order chi connectivity index (χ0) is 35.6. The topological polar surface area (TPSA) is 64.7 Å². The summed E-state index contributed by atoms with van der Waals surface area (Å²) in [4.78, 5) is 21.2. The minimum absolute atomic E-state index is 0.544. The van der Waals surface area contributed by atoms with Crippen molar-refractivity contribution in [3.05, 3.63) is 170 Å². The molecular weight excluding hydrogens is 681 g/mol. The van der Waals surface area contributed by atoms with Gasteiger partial charge in [-0.05, 0) is 69.1 Å². The Morgan fingerprint density at radius 3 is 1.80 bits per heavy atom. The van der Waals surface area contributed by atoms with E-state index in [2.05, 4.69) is 133 Å². The van der Waals surface area contributed by atoms with Crippen LogP contribution >= 0.6 is 11.3 Å². The van der Waals surface area contributed by atoms with E-state index in [1.165, 1.54) is 4.70 Å². The van der Waals surface area contributed by atoms with Gasteiger partial charge in [-0.25, -0.2) is 19.9 Å². The zero-order valence-electron chi connectivity index (χ0n) is 28.8. The normalized spacial score (nSPS) is 11.7. The SMILES string of the molecule is c1ccc(-c2nc3c(-c4nc(-c5ccc6ccccc6c5)nc(-c5cc6ccccc6cc5-c5ccccc5)n4)c4c(cc3o2)sc2ccccc24)cc1. The highest BCUT2D eigenvalue weighted by molar-refractivity contribution is 7.26. The second-order valence-corrected chi connectivity index (χ2v) is 14.5. The Morgan fingerprint density at radius 1 is 0.407 bits per heavy atom. The molecule has 0 aliphatic rings. The van der Waals surface area contributed by atoms with E-state index in [1.54, 1.807) is 11.3 Å². The molecule has 252 valence electrons. The Balaban J connectivity index is 1.26. The fraction of sp³-hybridized carbons (Fsp3) is 0. The fourth-order valence-corrected chi connectivity index (χ4v) is 8.68. The van der Waals surface area contributed by atoms with E-state index < -0.39 is 0 Å². The van der Waals surface area contributed by atoms with Gasteiger partial charge in [0, 0.05) is 42.9 Å². The second kappa shape index (κ2) is 12.3. The Labute approximate surface area is 313 Å². The van der Waals surface area contributed by atoms with Crippen LogP contribution in [0.4, 0.5) is 0 Å². The monoisotopic (exact) mass is 708 g/mol. The number of hydrogen-bond donors (Lipinski definition) is 0. The molecule has 11 aromatic rings. The van der Waals surface area contributed by atoms with Gasteiger partial charge in [0.05, 0.1) is 5.56 Å². The van der Waals surface area contributed by atoms with Crippen LogP contribution in [0.15, 0.2) is 174 Å². The smallest absolute Gasteiger partial charge is 0.227 e. The summed E-state index contributed by atoms with van der Waals surface area (Å²) >= 11 is 1.74. The summed E-state index contributed by atoms with van der Waals surface area (Å²) in [5.41, 5.74) is 7.11. The van der Waals surface area contributed by atoms with Gasteiger partial charge in [-0.3, -0.25) is 0 Å². The summed E-state index contributed by atoms with van der Waals surface area (Å²) in [5.74, 6) is 2.27. The minimum atomic E-state index is 0.544.